The smallest absolute Gasteiger partial charge is 0.169 e. The second-order valence-electron chi connectivity index (χ2n) is 12.8. The number of aromatic nitrogens is 5. The first-order valence-corrected chi connectivity index (χ1v) is 17.2. The van der Waals surface area contributed by atoms with Gasteiger partial charge < -0.3 is 4.57 Å². The molecule has 10 rings (SSSR count). The molecule has 3 aromatic heterocycles. The molecule has 0 spiro atoms. The highest BCUT2D eigenvalue weighted by atomic mass is 15.2. The summed E-state index contributed by atoms with van der Waals surface area (Å²) in [5, 5.41) is 1.15. The Kier molecular flexibility index (Phi) is 6.81. The van der Waals surface area contributed by atoms with Crippen LogP contribution >= 0.6 is 0 Å². The molecule has 0 fully saturated rings. The number of benzene rings is 6. The summed E-state index contributed by atoms with van der Waals surface area (Å²) in [5.74, 6) is 1.62. The van der Waals surface area contributed by atoms with Crippen LogP contribution in [-0.2, 0) is 6.54 Å². The Labute approximate surface area is 295 Å². The van der Waals surface area contributed by atoms with Gasteiger partial charge in [0.15, 0.2) is 17.0 Å². The van der Waals surface area contributed by atoms with Crippen LogP contribution in [-0.4, -0.2) is 24.1 Å². The highest BCUT2D eigenvalue weighted by Gasteiger charge is 2.30. The predicted molar refractivity (Wildman–Crippen MR) is 206 cm³/mol. The van der Waals surface area contributed by atoms with Crippen LogP contribution in [0.25, 0.3) is 61.4 Å². The fourth-order valence-corrected chi connectivity index (χ4v) is 7.76. The van der Waals surface area contributed by atoms with E-state index in [0.29, 0.717) is 6.54 Å². The van der Waals surface area contributed by atoms with Gasteiger partial charge in [0.05, 0.1) is 17.8 Å². The molecule has 4 heterocycles. The van der Waals surface area contributed by atoms with Gasteiger partial charge in [0.25, 0.3) is 0 Å². The monoisotopic (exact) mass is 653 g/mol. The van der Waals surface area contributed by atoms with Gasteiger partial charge in [0.2, 0.25) is 0 Å². The van der Waals surface area contributed by atoms with E-state index in [1.165, 1.54) is 11.1 Å². The van der Waals surface area contributed by atoms with Gasteiger partial charge >= 0.3 is 0 Å². The lowest BCUT2D eigenvalue weighted by atomic mass is 9.88. The van der Waals surface area contributed by atoms with E-state index in [9.17, 15) is 0 Å². The Balaban J connectivity index is 1.34. The molecule has 0 saturated carbocycles. The maximum Gasteiger partial charge on any atom is 0.169 e. The fraction of sp³-hybridized carbons (Fsp3) is 0.0217. The molecule has 5 heteroatoms. The van der Waals surface area contributed by atoms with Crippen molar-refractivity contribution in [2.45, 2.75) is 6.54 Å². The summed E-state index contributed by atoms with van der Waals surface area (Å²) in [7, 11) is 0. The maximum atomic E-state index is 5.59. The zero-order chi connectivity index (χ0) is 33.7. The van der Waals surface area contributed by atoms with Crippen LogP contribution in [0.3, 0.4) is 0 Å². The second kappa shape index (κ2) is 11.9. The molecule has 0 bridgehead atoms. The lowest BCUT2D eigenvalue weighted by Gasteiger charge is -2.16. The number of fused-ring (bicyclic) bond motifs is 5. The molecule has 0 amide bonds. The van der Waals surface area contributed by atoms with Gasteiger partial charge in [-0.1, -0.05) is 164 Å². The summed E-state index contributed by atoms with van der Waals surface area (Å²) < 4.78 is 4.57. The van der Waals surface area contributed by atoms with Crippen LogP contribution in [0, 0.1) is 0 Å². The normalized spacial score (nSPS) is 12.5. The molecule has 240 valence electrons. The molecular formula is C46H31N5. The Morgan fingerprint density at radius 1 is 0.490 bits per heavy atom. The Morgan fingerprint density at radius 3 is 1.76 bits per heavy atom. The molecule has 1 aliphatic rings. The largest absolute Gasteiger partial charge is 0.304 e. The first kappa shape index (κ1) is 29.1. The van der Waals surface area contributed by atoms with Crippen LogP contribution in [0.2, 0.25) is 0 Å². The van der Waals surface area contributed by atoms with Crippen molar-refractivity contribution in [3.63, 3.8) is 0 Å². The van der Waals surface area contributed by atoms with Crippen molar-refractivity contribution in [1.82, 2.24) is 24.1 Å². The Hall–Kier alpha value is -6.85. The first-order valence-electron chi connectivity index (χ1n) is 17.2. The Bertz CT molecular complexity index is 2740. The van der Waals surface area contributed by atoms with Crippen LogP contribution in [0.1, 0.15) is 28.1 Å². The molecule has 5 nitrogen and oxygen atoms in total. The lowest BCUT2D eigenvalue weighted by Crippen LogP contribution is -2.06. The number of hydrogen-bond donors (Lipinski definition) is 0. The van der Waals surface area contributed by atoms with Gasteiger partial charge in [-0.05, 0) is 39.4 Å². The Morgan fingerprint density at radius 2 is 1.06 bits per heavy atom. The molecule has 0 saturated heterocycles. The van der Waals surface area contributed by atoms with E-state index in [-0.39, 0.29) is 0 Å². The zero-order valence-corrected chi connectivity index (χ0v) is 27.7. The second-order valence-corrected chi connectivity index (χ2v) is 12.8. The van der Waals surface area contributed by atoms with Gasteiger partial charge in [-0.3, -0.25) is 4.57 Å². The van der Waals surface area contributed by atoms with E-state index < -0.39 is 0 Å². The third-order valence-corrected chi connectivity index (χ3v) is 9.92. The highest BCUT2D eigenvalue weighted by molar-refractivity contribution is 6.08. The fourth-order valence-electron chi connectivity index (χ4n) is 7.76. The van der Waals surface area contributed by atoms with Crippen molar-refractivity contribution in [1.29, 1.82) is 0 Å². The highest BCUT2D eigenvalue weighted by Crippen LogP contribution is 2.45. The topological polar surface area (TPSA) is 48.5 Å². The minimum atomic E-state index is 0.623. The van der Waals surface area contributed by atoms with Crippen molar-refractivity contribution >= 4 is 33.2 Å². The standard InChI is InChI=1S/C46H31N5/c1-5-17-31(18-6-1)39-36-26-14-13-25-35(36)29-50-44(41(39)33-21-9-3-10-22-33)49-42-45(50)47-30-48-46(42)51-38-28-16-15-27-37(38)40(32-19-7-2-8-20-32)43(51)34-23-11-4-12-24-34/h1-28,30H,29H2. The van der Waals surface area contributed by atoms with E-state index in [1.54, 1.807) is 6.33 Å². The minimum absolute atomic E-state index is 0.623. The van der Waals surface area contributed by atoms with E-state index in [0.717, 1.165) is 78.4 Å². The molecular weight excluding hydrogens is 623 g/mol. The molecule has 0 radical (unpaired) electrons. The van der Waals surface area contributed by atoms with Gasteiger partial charge in [0, 0.05) is 22.1 Å². The van der Waals surface area contributed by atoms with Gasteiger partial charge in [-0.15, -0.1) is 0 Å². The minimum Gasteiger partial charge on any atom is -0.304 e. The molecule has 0 aliphatic carbocycles. The molecule has 1 aliphatic heterocycles. The van der Waals surface area contributed by atoms with Crippen LogP contribution in [0.5, 0.6) is 0 Å². The summed E-state index contributed by atoms with van der Waals surface area (Å²) in [6, 6.07) is 59.9. The van der Waals surface area contributed by atoms with Crippen molar-refractivity contribution in [3.8, 4) is 28.2 Å². The first-order chi connectivity index (χ1) is 25.3. The summed E-state index contributed by atoms with van der Waals surface area (Å²) in [4.78, 5) is 15.6. The number of hydrogen-bond acceptors (Lipinski definition) is 3. The SMILES string of the molecule is c1ccc(C2=C(c3ccccc3)c3nc4c(-n5c(-c6ccccc6)c(-c6ccccc6)c6ccccc65)ncnc4n3Cc3ccccc32)cc1. The van der Waals surface area contributed by atoms with E-state index in [4.69, 9.17) is 15.0 Å². The molecule has 0 atom stereocenters. The van der Waals surface area contributed by atoms with Crippen LogP contribution in [0.15, 0.2) is 176 Å². The quantitative estimate of drug-likeness (QED) is 0.186. The van der Waals surface area contributed by atoms with Crippen LogP contribution in [0.4, 0.5) is 0 Å². The molecule has 51 heavy (non-hydrogen) atoms. The lowest BCUT2D eigenvalue weighted by molar-refractivity contribution is 0.801. The van der Waals surface area contributed by atoms with E-state index in [1.807, 2.05) is 0 Å². The average molecular weight is 654 g/mol. The number of rotatable bonds is 5. The number of imidazole rings is 1. The van der Waals surface area contributed by atoms with Crippen molar-refractivity contribution in [2.24, 2.45) is 0 Å². The summed E-state index contributed by atoms with van der Waals surface area (Å²) in [6.07, 6.45) is 1.69. The average Bonchev–Trinajstić information content (AvgIpc) is 3.70. The molecule has 6 aromatic carbocycles. The van der Waals surface area contributed by atoms with Crippen molar-refractivity contribution in [3.05, 3.63) is 204 Å². The zero-order valence-electron chi connectivity index (χ0n) is 27.7. The maximum absolute atomic E-state index is 5.59. The van der Waals surface area contributed by atoms with Gasteiger partial charge in [-0.25, -0.2) is 15.0 Å². The molecule has 0 N–H and O–H groups in total. The predicted octanol–water partition coefficient (Wildman–Crippen LogP) is 10.5. The summed E-state index contributed by atoms with van der Waals surface area (Å²) in [5.41, 5.74) is 14.0. The van der Waals surface area contributed by atoms with Gasteiger partial charge in [-0.2, -0.15) is 0 Å². The van der Waals surface area contributed by atoms with E-state index >= 15 is 0 Å². The van der Waals surface area contributed by atoms with E-state index in [2.05, 4.69) is 179 Å². The van der Waals surface area contributed by atoms with Crippen LogP contribution < -0.4 is 0 Å². The third kappa shape index (κ3) is 4.67. The molecule has 9 aromatic rings. The van der Waals surface area contributed by atoms with Crippen molar-refractivity contribution in [2.75, 3.05) is 0 Å². The molecule has 0 unspecified atom stereocenters. The third-order valence-electron chi connectivity index (χ3n) is 9.92. The van der Waals surface area contributed by atoms with Crippen molar-refractivity contribution < 1.29 is 0 Å². The summed E-state index contributed by atoms with van der Waals surface area (Å²) >= 11 is 0. The number of nitrogens with zero attached hydrogens (tertiary/aromatic N) is 5. The summed E-state index contributed by atoms with van der Waals surface area (Å²) in [6.45, 7) is 0.623. The van der Waals surface area contributed by atoms with Gasteiger partial charge in [0.1, 0.15) is 12.2 Å². The number of para-hydroxylation sites is 1.